The molecule has 0 aliphatic carbocycles. The fourth-order valence-corrected chi connectivity index (χ4v) is 3.89. The Hall–Kier alpha value is -4.01. The number of hydrazone groups is 1. The summed E-state index contributed by atoms with van der Waals surface area (Å²) in [5.74, 6) is -1.42. The molecule has 170 valence electrons. The van der Waals surface area contributed by atoms with Crippen LogP contribution in [-0.2, 0) is 19.1 Å². The number of amidine groups is 1. The van der Waals surface area contributed by atoms with Crippen LogP contribution in [0.15, 0.2) is 69.9 Å². The first-order valence-corrected chi connectivity index (χ1v) is 10.4. The first kappa shape index (κ1) is 22.2. The Labute approximate surface area is 190 Å². The standard InChI is InChI=1S/C24H23FN4O4/c1-5-33-23(31)21-27-29(18-9-7-6-8-14(18)2)24-26-15(3)19(22(30)32-4)20(28(21)24)16-10-12-17(25)13-11-16/h6-13,20H,5H2,1-4H3/t20-/m0/s1. The second-order valence-electron chi connectivity index (χ2n) is 7.47. The Morgan fingerprint density at radius 3 is 2.39 bits per heavy atom. The van der Waals surface area contributed by atoms with Gasteiger partial charge in [-0.3, -0.25) is 4.90 Å². The number of para-hydroxylation sites is 1. The van der Waals surface area contributed by atoms with Crippen LogP contribution >= 0.6 is 0 Å². The van der Waals surface area contributed by atoms with Gasteiger partial charge < -0.3 is 9.47 Å². The predicted octanol–water partition coefficient (Wildman–Crippen LogP) is 3.69. The summed E-state index contributed by atoms with van der Waals surface area (Å²) < 4.78 is 24.0. The maximum Gasteiger partial charge on any atom is 0.376 e. The van der Waals surface area contributed by atoms with Gasteiger partial charge in [-0.1, -0.05) is 30.3 Å². The van der Waals surface area contributed by atoms with Crippen LogP contribution in [0, 0.1) is 12.7 Å². The second-order valence-corrected chi connectivity index (χ2v) is 7.47. The second kappa shape index (κ2) is 8.85. The molecule has 0 radical (unpaired) electrons. The van der Waals surface area contributed by atoms with Gasteiger partial charge in [0.05, 0.1) is 36.7 Å². The van der Waals surface area contributed by atoms with Gasteiger partial charge >= 0.3 is 11.9 Å². The molecule has 2 aliphatic heterocycles. The highest BCUT2D eigenvalue weighted by Gasteiger charge is 2.47. The number of guanidine groups is 1. The summed E-state index contributed by atoms with van der Waals surface area (Å²) in [7, 11) is 1.27. The largest absolute Gasteiger partial charge is 0.466 e. The van der Waals surface area contributed by atoms with E-state index in [4.69, 9.17) is 9.47 Å². The van der Waals surface area contributed by atoms with Crippen LogP contribution in [0.2, 0.25) is 0 Å². The topological polar surface area (TPSA) is 83.8 Å². The summed E-state index contributed by atoms with van der Waals surface area (Å²) in [4.78, 5) is 31.9. The maximum absolute atomic E-state index is 13.7. The molecule has 0 bridgehead atoms. The number of halogens is 1. The lowest BCUT2D eigenvalue weighted by atomic mass is 9.94. The minimum atomic E-state index is -0.831. The molecule has 2 aliphatic rings. The highest BCUT2D eigenvalue weighted by Crippen LogP contribution is 2.40. The third-order valence-electron chi connectivity index (χ3n) is 5.41. The van der Waals surface area contributed by atoms with E-state index in [1.165, 1.54) is 24.1 Å². The van der Waals surface area contributed by atoms with Gasteiger partial charge in [-0.25, -0.2) is 19.0 Å². The van der Waals surface area contributed by atoms with E-state index in [-0.39, 0.29) is 18.0 Å². The molecular weight excluding hydrogens is 427 g/mol. The smallest absolute Gasteiger partial charge is 0.376 e. The van der Waals surface area contributed by atoms with Gasteiger partial charge in [-0.15, -0.1) is 5.10 Å². The van der Waals surface area contributed by atoms with Crippen LogP contribution in [0.1, 0.15) is 31.0 Å². The Morgan fingerprint density at radius 2 is 1.76 bits per heavy atom. The molecule has 2 aromatic carbocycles. The van der Waals surface area contributed by atoms with E-state index in [0.29, 0.717) is 22.9 Å². The van der Waals surface area contributed by atoms with Crippen molar-refractivity contribution in [3.63, 3.8) is 0 Å². The number of aliphatic imine (C=N–C) groups is 1. The summed E-state index contributed by atoms with van der Waals surface area (Å²) in [5.41, 5.74) is 2.81. The highest BCUT2D eigenvalue weighted by atomic mass is 19.1. The summed E-state index contributed by atoms with van der Waals surface area (Å²) in [5, 5.41) is 6.10. The van der Waals surface area contributed by atoms with Crippen molar-refractivity contribution in [2.45, 2.75) is 26.8 Å². The van der Waals surface area contributed by atoms with Crippen LogP contribution in [0.25, 0.3) is 0 Å². The number of methoxy groups -OCH3 is 1. The number of nitrogens with zero attached hydrogens (tertiary/aromatic N) is 4. The van der Waals surface area contributed by atoms with E-state index in [9.17, 15) is 14.0 Å². The molecule has 0 saturated heterocycles. The molecule has 0 unspecified atom stereocenters. The molecule has 0 N–H and O–H groups in total. The molecule has 4 rings (SSSR count). The number of allylic oxidation sites excluding steroid dienone is 1. The monoisotopic (exact) mass is 450 g/mol. The third-order valence-corrected chi connectivity index (χ3v) is 5.41. The van der Waals surface area contributed by atoms with Gasteiger partial charge in [0.25, 0.3) is 0 Å². The number of hydrogen-bond acceptors (Lipinski definition) is 8. The Kier molecular flexibility index (Phi) is 5.95. The van der Waals surface area contributed by atoms with Crippen molar-refractivity contribution in [1.82, 2.24) is 4.90 Å². The number of fused-ring (bicyclic) bond motifs is 1. The number of carbonyl (C=O) groups excluding carboxylic acids is 2. The van der Waals surface area contributed by atoms with Gasteiger partial charge in [0, 0.05) is 0 Å². The van der Waals surface area contributed by atoms with Crippen molar-refractivity contribution in [2.24, 2.45) is 10.1 Å². The van der Waals surface area contributed by atoms with Crippen molar-refractivity contribution in [3.05, 3.63) is 76.7 Å². The predicted molar refractivity (Wildman–Crippen MR) is 121 cm³/mol. The van der Waals surface area contributed by atoms with Crippen LogP contribution in [-0.4, -0.2) is 42.4 Å². The third kappa shape index (κ3) is 3.86. The summed E-state index contributed by atoms with van der Waals surface area (Å²) in [6.07, 6.45) is 0. The highest BCUT2D eigenvalue weighted by molar-refractivity contribution is 6.41. The van der Waals surface area contributed by atoms with E-state index in [2.05, 4.69) is 10.1 Å². The quantitative estimate of drug-likeness (QED) is 0.646. The zero-order chi connectivity index (χ0) is 23.7. The lowest BCUT2D eigenvalue weighted by Crippen LogP contribution is -2.47. The minimum Gasteiger partial charge on any atom is -0.466 e. The fourth-order valence-electron chi connectivity index (χ4n) is 3.89. The molecule has 2 heterocycles. The van der Waals surface area contributed by atoms with E-state index in [0.717, 1.165) is 5.56 Å². The van der Waals surface area contributed by atoms with E-state index in [1.807, 2.05) is 31.2 Å². The van der Waals surface area contributed by atoms with Crippen LogP contribution < -0.4 is 5.01 Å². The lowest BCUT2D eigenvalue weighted by molar-refractivity contribution is -0.138. The zero-order valence-electron chi connectivity index (χ0n) is 18.7. The lowest BCUT2D eigenvalue weighted by Gasteiger charge is -2.35. The number of carbonyl (C=O) groups is 2. The Bertz CT molecular complexity index is 1200. The zero-order valence-corrected chi connectivity index (χ0v) is 18.7. The Morgan fingerprint density at radius 1 is 1.06 bits per heavy atom. The number of aryl methyl sites for hydroxylation is 1. The van der Waals surface area contributed by atoms with Gasteiger partial charge in [-0.2, -0.15) is 5.01 Å². The number of esters is 2. The molecule has 1 atom stereocenters. The normalized spacial score (nSPS) is 17.4. The van der Waals surface area contributed by atoms with Gasteiger partial charge in [0.15, 0.2) is 0 Å². The van der Waals surface area contributed by atoms with Gasteiger partial charge in [0.1, 0.15) is 5.82 Å². The SMILES string of the molecule is CCOC(=O)C1=NN(c2ccccc2C)C2=NC(C)=C(C(=O)OC)[C@H](c3ccc(F)cc3)N12. The van der Waals surface area contributed by atoms with Gasteiger partial charge in [-0.05, 0) is 50.1 Å². The van der Waals surface area contributed by atoms with Crippen molar-refractivity contribution in [1.29, 1.82) is 0 Å². The molecule has 33 heavy (non-hydrogen) atoms. The fraction of sp³-hybridized carbons (Fsp3) is 0.250. The van der Waals surface area contributed by atoms with Crippen molar-refractivity contribution < 1.29 is 23.5 Å². The molecule has 0 amide bonds. The number of ether oxygens (including phenoxy) is 2. The average molecular weight is 450 g/mol. The van der Waals surface area contributed by atoms with E-state index >= 15 is 0 Å². The number of benzene rings is 2. The molecular formula is C24H23FN4O4. The van der Waals surface area contributed by atoms with Crippen molar-refractivity contribution in [3.8, 4) is 0 Å². The number of hydrogen-bond donors (Lipinski definition) is 0. The minimum absolute atomic E-state index is 0.0397. The van der Waals surface area contributed by atoms with E-state index < -0.39 is 23.8 Å². The average Bonchev–Trinajstić information content (AvgIpc) is 3.17. The number of rotatable bonds is 5. The summed E-state index contributed by atoms with van der Waals surface area (Å²) in [6, 6.07) is 12.4. The summed E-state index contributed by atoms with van der Waals surface area (Å²) in [6.45, 7) is 5.44. The summed E-state index contributed by atoms with van der Waals surface area (Å²) >= 11 is 0. The number of anilines is 1. The molecule has 8 nitrogen and oxygen atoms in total. The van der Waals surface area contributed by atoms with Crippen LogP contribution in [0.3, 0.4) is 0 Å². The molecule has 0 aromatic heterocycles. The van der Waals surface area contributed by atoms with Crippen molar-refractivity contribution >= 4 is 29.4 Å². The van der Waals surface area contributed by atoms with Crippen LogP contribution in [0.4, 0.5) is 10.1 Å². The first-order valence-electron chi connectivity index (χ1n) is 10.4. The van der Waals surface area contributed by atoms with Crippen molar-refractivity contribution in [2.75, 3.05) is 18.7 Å². The Balaban J connectivity index is 1.96. The van der Waals surface area contributed by atoms with Gasteiger partial charge in [0.2, 0.25) is 11.8 Å². The van der Waals surface area contributed by atoms with Crippen LogP contribution in [0.5, 0.6) is 0 Å². The molecule has 2 aromatic rings. The molecule has 0 fully saturated rings. The van der Waals surface area contributed by atoms with E-state index in [1.54, 1.807) is 31.0 Å². The molecule has 0 spiro atoms. The first-order chi connectivity index (χ1) is 15.9. The maximum atomic E-state index is 13.7. The molecule has 0 saturated carbocycles. The molecule has 9 heteroatoms.